The highest BCUT2D eigenvalue weighted by Crippen LogP contribution is 2.09. The minimum atomic E-state index is 0.0383. The summed E-state index contributed by atoms with van der Waals surface area (Å²) in [5.41, 5.74) is 2.11. The lowest BCUT2D eigenvalue weighted by atomic mass is 10.1. The standard InChI is InChI=1S/C19H18ClNO/c20-18-12-4-10-17(15-18)11-6-14-21-19(22)13-5-9-16-7-2-1-3-8-16/h1-4,7-8,10,12,15H,5,9,13-14H2,(H,21,22). The van der Waals surface area contributed by atoms with Crippen LogP contribution in [0.4, 0.5) is 0 Å². The van der Waals surface area contributed by atoms with Gasteiger partial charge in [0, 0.05) is 17.0 Å². The number of hydrogen-bond donors (Lipinski definition) is 1. The molecule has 2 aromatic carbocycles. The molecule has 0 aliphatic carbocycles. The average molecular weight is 312 g/mol. The van der Waals surface area contributed by atoms with Gasteiger partial charge in [0.1, 0.15) is 0 Å². The number of halogens is 1. The van der Waals surface area contributed by atoms with E-state index in [1.165, 1.54) is 5.56 Å². The van der Waals surface area contributed by atoms with Gasteiger partial charge in [0.25, 0.3) is 0 Å². The largest absolute Gasteiger partial charge is 0.345 e. The first-order valence-electron chi connectivity index (χ1n) is 7.29. The summed E-state index contributed by atoms with van der Waals surface area (Å²) >= 11 is 5.88. The van der Waals surface area contributed by atoms with Gasteiger partial charge in [-0.1, -0.05) is 59.8 Å². The molecule has 0 fully saturated rings. The van der Waals surface area contributed by atoms with Gasteiger partial charge in [-0.25, -0.2) is 0 Å². The molecule has 0 aromatic heterocycles. The van der Waals surface area contributed by atoms with Crippen molar-refractivity contribution in [2.75, 3.05) is 6.54 Å². The molecule has 0 radical (unpaired) electrons. The predicted molar refractivity (Wildman–Crippen MR) is 90.7 cm³/mol. The van der Waals surface area contributed by atoms with Gasteiger partial charge in [0.2, 0.25) is 5.91 Å². The third kappa shape index (κ3) is 6.03. The summed E-state index contributed by atoms with van der Waals surface area (Å²) in [6.07, 6.45) is 2.29. The van der Waals surface area contributed by atoms with E-state index in [1.807, 2.05) is 30.3 Å². The Balaban J connectivity index is 1.66. The second kappa shape index (κ2) is 8.92. The summed E-state index contributed by atoms with van der Waals surface area (Å²) in [6, 6.07) is 17.5. The summed E-state index contributed by atoms with van der Waals surface area (Å²) in [5.74, 6) is 5.94. The average Bonchev–Trinajstić information content (AvgIpc) is 2.53. The Morgan fingerprint density at radius 2 is 1.91 bits per heavy atom. The number of aryl methyl sites for hydroxylation is 1. The van der Waals surface area contributed by atoms with E-state index in [-0.39, 0.29) is 5.91 Å². The minimum Gasteiger partial charge on any atom is -0.345 e. The van der Waals surface area contributed by atoms with E-state index in [9.17, 15) is 4.79 Å². The monoisotopic (exact) mass is 311 g/mol. The van der Waals surface area contributed by atoms with Gasteiger partial charge < -0.3 is 5.32 Å². The molecule has 2 aromatic rings. The number of hydrogen-bond acceptors (Lipinski definition) is 1. The van der Waals surface area contributed by atoms with Crippen LogP contribution in [0.2, 0.25) is 5.02 Å². The Bertz CT molecular complexity index is 671. The lowest BCUT2D eigenvalue weighted by Crippen LogP contribution is -2.23. The zero-order valence-electron chi connectivity index (χ0n) is 12.3. The van der Waals surface area contributed by atoms with Crippen molar-refractivity contribution in [3.05, 3.63) is 70.7 Å². The van der Waals surface area contributed by atoms with E-state index < -0.39 is 0 Å². The van der Waals surface area contributed by atoms with Crippen LogP contribution in [0, 0.1) is 11.8 Å². The molecule has 0 aliphatic rings. The van der Waals surface area contributed by atoms with E-state index in [4.69, 9.17) is 11.6 Å². The fraction of sp³-hybridized carbons (Fsp3) is 0.211. The molecule has 2 rings (SSSR count). The van der Waals surface area contributed by atoms with E-state index in [0.29, 0.717) is 18.0 Å². The van der Waals surface area contributed by atoms with Crippen LogP contribution in [0.15, 0.2) is 54.6 Å². The number of nitrogens with one attached hydrogen (secondary N) is 1. The van der Waals surface area contributed by atoms with E-state index in [0.717, 1.165) is 18.4 Å². The first-order valence-corrected chi connectivity index (χ1v) is 7.67. The summed E-state index contributed by atoms with van der Waals surface area (Å²) in [4.78, 5) is 11.7. The van der Waals surface area contributed by atoms with Gasteiger partial charge >= 0.3 is 0 Å². The molecule has 1 N–H and O–H groups in total. The van der Waals surface area contributed by atoms with Crippen LogP contribution in [0.5, 0.6) is 0 Å². The normalized spacial score (nSPS) is 9.68. The number of amides is 1. The topological polar surface area (TPSA) is 29.1 Å². The maximum Gasteiger partial charge on any atom is 0.220 e. The van der Waals surface area contributed by atoms with Gasteiger partial charge in [0.15, 0.2) is 0 Å². The number of carbonyl (C=O) groups excluding carboxylic acids is 1. The molecule has 0 saturated carbocycles. The van der Waals surface area contributed by atoms with Crippen molar-refractivity contribution in [3.63, 3.8) is 0 Å². The fourth-order valence-electron chi connectivity index (χ4n) is 2.04. The SMILES string of the molecule is O=C(CCCc1ccccc1)NCC#Cc1cccc(Cl)c1. The molecule has 112 valence electrons. The maximum atomic E-state index is 11.7. The molecule has 0 saturated heterocycles. The van der Waals surface area contributed by atoms with Crippen molar-refractivity contribution in [2.45, 2.75) is 19.3 Å². The minimum absolute atomic E-state index is 0.0383. The van der Waals surface area contributed by atoms with Crippen LogP contribution in [-0.2, 0) is 11.2 Å². The molecule has 3 heteroatoms. The maximum absolute atomic E-state index is 11.7. The van der Waals surface area contributed by atoms with Crippen molar-refractivity contribution in [1.29, 1.82) is 0 Å². The highest BCUT2D eigenvalue weighted by molar-refractivity contribution is 6.30. The van der Waals surface area contributed by atoms with Crippen LogP contribution in [0.1, 0.15) is 24.0 Å². The van der Waals surface area contributed by atoms with Crippen LogP contribution in [-0.4, -0.2) is 12.5 Å². The first-order chi connectivity index (χ1) is 10.7. The summed E-state index contributed by atoms with van der Waals surface area (Å²) in [5, 5.41) is 3.47. The van der Waals surface area contributed by atoms with Gasteiger partial charge in [0.05, 0.1) is 6.54 Å². The smallest absolute Gasteiger partial charge is 0.220 e. The second-order valence-corrected chi connectivity index (χ2v) is 5.36. The summed E-state index contributed by atoms with van der Waals surface area (Å²) < 4.78 is 0. The zero-order valence-corrected chi connectivity index (χ0v) is 13.1. The molecular formula is C19H18ClNO. The van der Waals surface area contributed by atoms with Gasteiger partial charge in [-0.3, -0.25) is 4.79 Å². The molecule has 0 aliphatic heterocycles. The summed E-state index contributed by atoms with van der Waals surface area (Å²) in [7, 11) is 0. The summed E-state index contributed by atoms with van der Waals surface area (Å²) in [6.45, 7) is 0.358. The first kappa shape index (κ1) is 16.1. The third-order valence-corrected chi connectivity index (χ3v) is 3.38. The Kier molecular flexibility index (Phi) is 6.54. The Hall–Kier alpha value is -2.24. The molecule has 0 bridgehead atoms. The Labute approximate surface area is 136 Å². The molecule has 22 heavy (non-hydrogen) atoms. The van der Waals surface area contributed by atoms with Crippen molar-refractivity contribution in [3.8, 4) is 11.8 Å². The molecule has 2 nitrogen and oxygen atoms in total. The van der Waals surface area contributed by atoms with Crippen LogP contribution >= 0.6 is 11.6 Å². The van der Waals surface area contributed by atoms with Crippen molar-refractivity contribution < 1.29 is 4.79 Å². The lowest BCUT2D eigenvalue weighted by Gasteiger charge is -2.02. The number of rotatable bonds is 5. The van der Waals surface area contributed by atoms with Crippen LogP contribution in [0.3, 0.4) is 0 Å². The van der Waals surface area contributed by atoms with E-state index >= 15 is 0 Å². The van der Waals surface area contributed by atoms with Crippen molar-refractivity contribution in [1.82, 2.24) is 5.32 Å². The Morgan fingerprint density at radius 1 is 1.09 bits per heavy atom. The quantitative estimate of drug-likeness (QED) is 0.835. The van der Waals surface area contributed by atoms with Gasteiger partial charge in [-0.15, -0.1) is 0 Å². The fourth-order valence-corrected chi connectivity index (χ4v) is 2.23. The highest BCUT2D eigenvalue weighted by atomic mass is 35.5. The zero-order chi connectivity index (χ0) is 15.6. The molecule has 0 unspecified atom stereocenters. The van der Waals surface area contributed by atoms with Gasteiger partial charge in [-0.2, -0.15) is 0 Å². The Morgan fingerprint density at radius 3 is 2.68 bits per heavy atom. The number of benzene rings is 2. The highest BCUT2D eigenvalue weighted by Gasteiger charge is 1.99. The molecule has 0 heterocycles. The lowest BCUT2D eigenvalue weighted by molar-refractivity contribution is -0.120. The molecule has 0 atom stereocenters. The molecule has 0 spiro atoms. The number of carbonyl (C=O) groups is 1. The van der Waals surface area contributed by atoms with Crippen LogP contribution in [0.25, 0.3) is 0 Å². The van der Waals surface area contributed by atoms with E-state index in [1.54, 1.807) is 12.1 Å². The van der Waals surface area contributed by atoms with Crippen molar-refractivity contribution in [2.24, 2.45) is 0 Å². The third-order valence-electron chi connectivity index (χ3n) is 3.14. The van der Waals surface area contributed by atoms with E-state index in [2.05, 4.69) is 29.3 Å². The second-order valence-electron chi connectivity index (χ2n) is 4.93. The van der Waals surface area contributed by atoms with Gasteiger partial charge in [-0.05, 0) is 36.6 Å². The molecular weight excluding hydrogens is 294 g/mol. The van der Waals surface area contributed by atoms with Crippen LogP contribution < -0.4 is 5.32 Å². The predicted octanol–water partition coefficient (Wildman–Crippen LogP) is 3.83. The van der Waals surface area contributed by atoms with Crippen molar-refractivity contribution >= 4 is 17.5 Å². The molecule has 1 amide bonds.